The fraction of sp³-hybridized carbons (Fsp3) is 0.375. The number of aromatic nitrogens is 1. The summed E-state index contributed by atoms with van der Waals surface area (Å²) in [6.45, 7) is 7.81. The third kappa shape index (κ3) is 4.04. The van der Waals surface area contributed by atoms with E-state index in [4.69, 9.17) is 4.74 Å². The van der Waals surface area contributed by atoms with Crippen molar-refractivity contribution in [1.82, 2.24) is 4.98 Å². The Bertz CT molecular complexity index is 620. The summed E-state index contributed by atoms with van der Waals surface area (Å²) in [5.41, 5.74) is 2.19. The first-order valence-electron chi connectivity index (χ1n) is 7.00. The first-order chi connectivity index (χ1) is 9.99. The molecule has 1 unspecified atom stereocenters. The van der Waals surface area contributed by atoms with Crippen LogP contribution in [0.15, 0.2) is 24.3 Å². The fourth-order valence-corrected chi connectivity index (χ4v) is 2.80. The van der Waals surface area contributed by atoms with E-state index in [2.05, 4.69) is 17.2 Å². The first-order valence-corrected chi connectivity index (χ1v) is 7.81. The summed E-state index contributed by atoms with van der Waals surface area (Å²) in [7, 11) is 0. The van der Waals surface area contributed by atoms with Gasteiger partial charge in [-0.25, -0.2) is 4.98 Å². The van der Waals surface area contributed by atoms with Crippen LogP contribution < -0.4 is 10.1 Å². The van der Waals surface area contributed by atoms with E-state index >= 15 is 0 Å². The lowest BCUT2D eigenvalue weighted by Crippen LogP contribution is -2.30. The molecule has 0 bridgehead atoms. The largest absolute Gasteiger partial charge is 0.481 e. The lowest BCUT2D eigenvalue weighted by molar-refractivity contribution is -0.122. The molecule has 0 aliphatic carbocycles. The van der Waals surface area contributed by atoms with Crippen LogP contribution in [0.25, 0.3) is 0 Å². The molecule has 4 nitrogen and oxygen atoms in total. The Kier molecular flexibility index (Phi) is 4.96. The number of carbonyl (C=O) groups excluding carboxylic acids is 1. The van der Waals surface area contributed by atoms with Crippen molar-refractivity contribution < 1.29 is 9.53 Å². The Morgan fingerprint density at radius 3 is 2.57 bits per heavy atom. The van der Waals surface area contributed by atoms with E-state index in [1.54, 1.807) is 6.92 Å². The van der Waals surface area contributed by atoms with Crippen molar-refractivity contribution in [3.8, 4) is 5.75 Å². The summed E-state index contributed by atoms with van der Waals surface area (Å²) in [5, 5.41) is 3.45. The lowest BCUT2D eigenvalue weighted by atomic mass is 10.2. The molecule has 0 saturated carbocycles. The summed E-state index contributed by atoms with van der Waals surface area (Å²) >= 11 is 1.49. The molecule has 2 rings (SSSR count). The van der Waals surface area contributed by atoms with Gasteiger partial charge in [0, 0.05) is 4.88 Å². The Morgan fingerprint density at radius 2 is 2.00 bits per heavy atom. The van der Waals surface area contributed by atoms with E-state index in [9.17, 15) is 4.79 Å². The van der Waals surface area contributed by atoms with Crippen molar-refractivity contribution in [3.05, 3.63) is 40.4 Å². The Labute approximate surface area is 129 Å². The Morgan fingerprint density at radius 1 is 1.33 bits per heavy atom. The first kappa shape index (κ1) is 15.5. The molecule has 0 aliphatic heterocycles. The van der Waals surface area contributed by atoms with Gasteiger partial charge in [0.25, 0.3) is 5.91 Å². The van der Waals surface area contributed by atoms with Gasteiger partial charge in [-0.3, -0.25) is 10.1 Å². The maximum atomic E-state index is 12.1. The zero-order valence-corrected chi connectivity index (χ0v) is 13.6. The Hall–Kier alpha value is -1.88. The Balaban J connectivity index is 1.97. The van der Waals surface area contributed by atoms with Gasteiger partial charge in [0.2, 0.25) is 0 Å². The number of carbonyl (C=O) groups is 1. The van der Waals surface area contributed by atoms with E-state index in [-0.39, 0.29) is 5.91 Å². The van der Waals surface area contributed by atoms with E-state index in [1.807, 2.05) is 38.1 Å². The van der Waals surface area contributed by atoms with E-state index < -0.39 is 6.10 Å². The van der Waals surface area contributed by atoms with Crippen molar-refractivity contribution in [2.24, 2.45) is 0 Å². The summed E-state index contributed by atoms with van der Waals surface area (Å²) in [6, 6.07) is 7.64. The smallest absolute Gasteiger partial charge is 0.266 e. The zero-order chi connectivity index (χ0) is 15.4. The predicted octanol–water partition coefficient (Wildman–Crippen LogP) is 3.73. The summed E-state index contributed by atoms with van der Waals surface area (Å²) in [6.07, 6.45) is 0.301. The molecule has 0 aliphatic rings. The molecule has 0 fully saturated rings. The molecule has 0 spiro atoms. The van der Waals surface area contributed by atoms with Crippen LogP contribution in [0.3, 0.4) is 0 Å². The summed E-state index contributed by atoms with van der Waals surface area (Å²) < 4.78 is 5.63. The molecule has 1 N–H and O–H groups in total. The number of nitrogens with one attached hydrogen (secondary N) is 1. The highest BCUT2D eigenvalue weighted by atomic mass is 32.1. The number of nitrogens with zero attached hydrogens (tertiary/aromatic N) is 1. The van der Waals surface area contributed by atoms with Gasteiger partial charge in [0.15, 0.2) is 11.2 Å². The highest BCUT2D eigenvalue weighted by Gasteiger charge is 2.17. The van der Waals surface area contributed by atoms with Crippen molar-refractivity contribution in [2.75, 3.05) is 5.32 Å². The molecule has 2 aromatic rings. The highest BCUT2D eigenvalue weighted by Crippen LogP contribution is 2.22. The topological polar surface area (TPSA) is 51.2 Å². The van der Waals surface area contributed by atoms with Gasteiger partial charge in [-0.15, -0.1) is 11.3 Å². The fourth-order valence-electron chi connectivity index (χ4n) is 1.89. The van der Waals surface area contributed by atoms with E-state index in [0.717, 1.165) is 22.6 Å². The van der Waals surface area contributed by atoms with Crippen LogP contribution in [-0.4, -0.2) is 17.0 Å². The molecule has 5 heteroatoms. The van der Waals surface area contributed by atoms with Gasteiger partial charge in [-0.05, 0) is 39.3 Å². The van der Waals surface area contributed by atoms with Crippen molar-refractivity contribution in [2.45, 2.75) is 40.2 Å². The van der Waals surface area contributed by atoms with Gasteiger partial charge >= 0.3 is 0 Å². The predicted molar refractivity (Wildman–Crippen MR) is 86.1 cm³/mol. The monoisotopic (exact) mass is 304 g/mol. The molecule has 0 saturated heterocycles. The number of benzene rings is 1. The normalized spacial score (nSPS) is 12.0. The SMILES string of the molecule is CCc1nc(NC(=O)C(C)Oc2ccc(C)cc2)sc1C. The molecule has 1 atom stereocenters. The molecule has 21 heavy (non-hydrogen) atoms. The minimum Gasteiger partial charge on any atom is -0.481 e. The van der Waals surface area contributed by atoms with Gasteiger partial charge < -0.3 is 4.74 Å². The van der Waals surface area contributed by atoms with Gasteiger partial charge in [0.1, 0.15) is 5.75 Å². The molecule has 0 radical (unpaired) electrons. The average Bonchev–Trinajstić information content (AvgIpc) is 2.81. The number of rotatable bonds is 5. The standard InChI is InChI=1S/C16H20N2O2S/c1-5-14-12(4)21-16(17-14)18-15(19)11(3)20-13-8-6-10(2)7-9-13/h6-9,11H,5H2,1-4H3,(H,17,18,19). The molecular formula is C16H20N2O2S. The van der Waals surface area contributed by atoms with Crippen molar-refractivity contribution in [3.63, 3.8) is 0 Å². The van der Waals surface area contributed by atoms with Crippen molar-refractivity contribution in [1.29, 1.82) is 0 Å². The van der Waals surface area contributed by atoms with Gasteiger partial charge in [-0.2, -0.15) is 0 Å². The second kappa shape index (κ2) is 6.72. The van der Waals surface area contributed by atoms with Gasteiger partial charge in [-0.1, -0.05) is 24.6 Å². The molecule has 1 aromatic heterocycles. The lowest BCUT2D eigenvalue weighted by Gasteiger charge is -2.13. The van der Waals surface area contributed by atoms with Gasteiger partial charge in [0.05, 0.1) is 5.69 Å². The summed E-state index contributed by atoms with van der Waals surface area (Å²) in [5.74, 6) is 0.500. The third-order valence-electron chi connectivity index (χ3n) is 3.16. The van der Waals surface area contributed by atoms with Crippen LogP contribution in [0.1, 0.15) is 30.0 Å². The van der Waals surface area contributed by atoms with E-state index in [0.29, 0.717) is 10.9 Å². The van der Waals surface area contributed by atoms with Crippen molar-refractivity contribution >= 4 is 22.4 Å². The minimum atomic E-state index is -0.568. The minimum absolute atomic E-state index is 0.188. The number of amides is 1. The maximum Gasteiger partial charge on any atom is 0.266 e. The average molecular weight is 304 g/mol. The summed E-state index contributed by atoms with van der Waals surface area (Å²) in [4.78, 5) is 17.7. The maximum absolute atomic E-state index is 12.1. The van der Waals surface area contributed by atoms with Crippen LogP contribution in [-0.2, 0) is 11.2 Å². The van der Waals surface area contributed by atoms with Crippen LogP contribution in [0.2, 0.25) is 0 Å². The molecule has 112 valence electrons. The molecule has 1 heterocycles. The number of hydrogen-bond donors (Lipinski definition) is 1. The number of thiazole rings is 1. The van der Waals surface area contributed by atoms with Crippen LogP contribution >= 0.6 is 11.3 Å². The highest BCUT2D eigenvalue weighted by molar-refractivity contribution is 7.15. The molecule has 1 amide bonds. The zero-order valence-electron chi connectivity index (χ0n) is 12.8. The van der Waals surface area contributed by atoms with Crippen LogP contribution in [0.4, 0.5) is 5.13 Å². The van der Waals surface area contributed by atoms with E-state index in [1.165, 1.54) is 11.3 Å². The van der Waals surface area contributed by atoms with Crippen LogP contribution in [0, 0.1) is 13.8 Å². The quantitative estimate of drug-likeness (QED) is 0.915. The second-order valence-electron chi connectivity index (χ2n) is 4.94. The number of anilines is 1. The number of ether oxygens (including phenoxy) is 1. The molecular weight excluding hydrogens is 284 g/mol. The number of aryl methyl sites for hydroxylation is 3. The number of hydrogen-bond acceptors (Lipinski definition) is 4. The third-order valence-corrected chi connectivity index (χ3v) is 4.09. The van der Waals surface area contributed by atoms with Crippen LogP contribution in [0.5, 0.6) is 5.75 Å². The second-order valence-corrected chi connectivity index (χ2v) is 6.14. The molecule has 1 aromatic carbocycles.